The molecule has 0 atom stereocenters. The monoisotopic (exact) mass is 424 g/mol. The first-order valence-corrected chi connectivity index (χ1v) is 12.7. The third-order valence-electron chi connectivity index (χ3n) is 3.63. The second-order valence-corrected chi connectivity index (χ2v) is 17.8. The van der Waals surface area contributed by atoms with E-state index in [4.69, 9.17) is 11.2 Å². The average molecular weight is 425 g/mol. The quantitative estimate of drug-likeness (QED) is 0.409. The predicted octanol–water partition coefficient (Wildman–Crippen LogP) is 5.02. The van der Waals surface area contributed by atoms with Crippen LogP contribution in [0.25, 0.3) is 0 Å². The first-order chi connectivity index (χ1) is 10.1. The fourth-order valence-corrected chi connectivity index (χ4v) is 9.41. The first kappa shape index (κ1) is 15.0. The zero-order valence-electron chi connectivity index (χ0n) is 11.4. The van der Waals surface area contributed by atoms with Crippen LogP contribution in [0.3, 0.4) is 0 Å². The van der Waals surface area contributed by atoms with Gasteiger partial charge in [-0.15, -0.1) is 0 Å². The Hall–Kier alpha value is -0.890. The summed E-state index contributed by atoms with van der Waals surface area (Å²) in [5, 5.41) is 3.55. The second kappa shape index (κ2) is 5.72. The van der Waals surface area contributed by atoms with Crippen LogP contribution in [0, 0.1) is 0 Å². The Morgan fingerprint density at radius 2 is 0.762 bits per heavy atom. The van der Waals surface area contributed by atoms with Crippen molar-refractivity contribution in [3.05, 3.63) is 91.0 Å². The Bertz CT molecular complexity index is 624. The van der Waals surface area contributed by atoms with Gasteiger partial charge in [0.15, 0.2) is 0 Å². The fourth-order valence-electron chi connectivity index (χ4n) is 2.52. The third kappa shape index (κ3) is 2.52. The summed E-state index contributed by atoms with van der Waals surface area (Å²) >= 11 is 9.99. The van der Waals surface area contributed by atoms with E-state index < -0.39 is 3.60 Å². The Labute approximate surface area is 143 Å². The normalized spacial score (nSPS) is 13.3. The van der Waals surface area contributed by atoms with Gasteiger partial charge in [0.2, 0.25) is 0 Å². The van der Waals surface area contributed by atoms with Crippen molar-refractivity contribution in [3.8, 4) is 0 Å². The molecule has 0 nitrogen and oxygen atoms in total. The molecule has 0 aliphatic rings. The number of hydrogen-bond donors (Lipinski definition) is 0. The van der Waals surface area contributed by atoms with Crippen LogP contribution in [-0.4, -0.2) is 0 Å². The number of benzene rings is 3. The van der Waals surface area contributed by atoms with Crippen LogP contribution in [0.1, 0.15) is 0 Å². The Morgan fingerprint density at radius 1 is 0.524 bits per heavy atom. The molecule has 0 spiro atoms. The van der Waals surface area contributed by atoms with Gasteiger partial charge in [0.1, 0.15) is 0 Å². The topological polar surface area (TPSA) is 0 Å². The van der Waals surface area contributed by atoms with Crippen LogP contribution >= 0.6 is 36.9 Å². The van der Waals surface area contributed by atoms with Crippen molar-refractivity contribution in [1.29, 1.82) is 0 Å². The number of rotatable bonds is 3. The van der Waals surface area contributed by atoms with E-state index in [9.17, 15) is 0 Å². The molecule has 0 bridgehead atoms. The molecule has 0 saturated heterocycles. The molecular formula is C18H15ClIP. The van der Waals surface area contributed by atoms with Gasteiger partial charge in [-0.05, 0) is 0 Å². The van der Waals surface area contributed by atoms with Crippen molar-refractivity contribution in [2.24, 2.45) is 0 Å². The maximum atomic E-state index is 7.49. The minimum atomic E-state index is -2.93. The van der Waals surface area contributed by atoms with Crippen LogP contribution in [0.15, 0.2) is 91.0 Å². The molecule has 106 valence electrons. The van der Waals surface area contributed by atoms with Crippen molar-refractivity contribution in [2.45, 2.75) is 0 Å². The standard InChI is InChI=1S/C18H15ClIP/c19-21(20,16-10-4-1-5-11-16,17-12-6-2-7-13-17)18-14-8-3-9-15-18/h1-15H. The van der Waals surface area contributed by atoms with Gasteiger partial charge in [0.25, 0.3) is 0 Å². The number of halogens is 2. The Kier molecular flexibility index (Phi) is 4.09. The fraction of sp³-hybridized carbons (Fsp3) is 0. The molecule has 0 N–H and O–H groups in total. The van der Waals surface area contributed by atoms with E-state index in [2.05, 4.69) is 94.8 Å². The van der Waals surface area contributed by atoms with Crippen LogP contribution in [-0.2, 0) is 0 Å². The number of hydrogen-bond acceptors (Lipinski definition) is 0. The summed E-state index contributed by atoms with van der Waals surface area (Å²) in [6, 6.07) is 31.3. The molecule has 0 unspecified atom stereocenters. The zero-order valence-corrected chi connectivity index (χ0v) is 15.2. The summed E-state index contributed by atoms with van der Waals surface area (Å²) in [6.45, 7) is 0. The minimum absolute atomic E-state index is 1.18. The summed E-state index contributed by atoms with van der Waals surface area (Å²) in [7, 11) is 0. The van der Waals surface area contributed by atoms with Crippen molar-refractivity contribution < 1.29 is 0 Å². The summed E-state index contributed by atoms with van der Waals surface area (Å²) < 4.78 is -2.93. The molecule has 3 heteroatoms. The van der Waals surface area contributed by atoms with E-state index in [0.29, 0.717) is 0 Å². The maximum absolute atomic E-state index is 7.49. The molecule has 0 aliphatic carbocycles. The van der Waals surface area contributed by atoms with E-state index >= 15 is 0 Å². The van der Waals surface area contributed by atoms with Crippen LogP contribution in [0.2, 0.25) is 0 Å². The van der Waals surface area contributed by atoms with Gasteiger partial charge < -0.3 is 0 Å². The molecule has 0 amide bonds. The summed E-state index contributed by atoms with van der Waals surface area (Å²) in [4.78, 5) is 0. The molecule has 0 fully saturated rings. The van der Waals surface area contributed by atoms with Crippen LogP contribution in [0.4, 0.5) is 0 Å². The predicted molar refractivity (Wildman–Crippen MR) is 105 cm³/mol. The molecule has 21 heavy (non-hydrogen) atoms. The van der Waals surface area contributed by atoms with Crippen molar-refractivity contribution in [2.75, 3.05) is 0 Å². The van der Waals surface area contributed by atoms with E-state index in [1.54, 1.807) is 0 Å². The van der Waals surface area contributed by atoms with Gasteiger partial charge >= 0.3 is 144 Å². The molecule has 0 radical (unpaired) electrons. The van der Waals surface area contributed by atoms with Crippen LogP contribution in [0.5, 0.6) is 0 Å². The van der Waals surface area contributed by atoms with Gasteiger partial charge in [-0.2, -0.15) is 0 Å². The van der Waals surface area contributed by atoms with Gasteiger partial charge in [-0.1, -0.05) is 0 Å². The molecular weight excluding hydrogens is 410 g/mol. The summed E-state index contributed by atoms with van der Waals surface area (Å²) in [5.74, 6) is 0. The third-order valence-corrected chi connectivity index (χ3v) is 14.0. The average Bonchev–Trinajstić information content (AvgIpc) is 2.57. The van der Waals surface area contributed by atoms with Gasteiger partial charge in [0, 0.05) is 0 Å². The van der Waals surface area contributed by atoms with E-state index in [-0.39, 0.29) is 0 Å². The van der Waals surface area contributed by atoms with Crippen LogP contribution < -0.4 is 15.9 Å². The molecule has 0 saturated carbocycles. The van der Waals surface area contributed by atoms with E-state index in [1.807, 2.05) is 18.2 Å². The first-order valence-electron chi connectivity index (χ1n) is 6.74. The van der Waals surface area contributed by atoms with Crippen molar-refractivity contribution in [1.82, 2.24) is 0 Å². The van der Waals surface area contributed by atoms with Gasteiger partial charge in [0.05, 0.1) is 0 Å². The Balaban J connectivity index is 2.36. The Morgan fingerprint density at radius 3 is 1.00 bits per heavy atom. The SMILES string of the molecule is ClP(I)(c1ccccc1)(c1ccccc1)c1ccccc1. The summed E-state index contributed by atoms with van der Waals surface area (Å²) in [6.07, 6.45) is 0. The second-order valence-electron chi connectivity index (χ2n) is 4.91. The van der Waals surface area contributed by atoms with Crippen molar-refractivity contribution >= 4 is 52.8 Å². The molecule has 3 rings (SSSR count). The van der Waals surface area contributed by atoms with Gasteiger partial charge in [-0.3, -0.25) is 0 Å². The molecule has 3 aromatic rings. The summed E-state index contributed by atoms with van der Waals surface area (Å²) in [5.41, 5.74) is 0. The van der Waals surface area contributed by atoms with E-state index in [0.717, 1.165) is 0 Å². The molecule has 0 heterocycles. The van der Waals surface area contributed by atoms with Gasteiger partial charge in [-0.25, -0.2) is 0 Å². The molecule has 0 aromatic heterocycles. The van der Waals surface area contributed by atoms with Crippen molar-refractivity contribution in [3.63, 3.8) is 0 Å². The van der Waals surface area contributed by atoms with E-state index in [1.165, 1.54) is 15.9 Å². The molecule has 3 aromatic carbocycles. The molecule has 0 aliphatic heterocycles. The zero-order chi connectivity index (χ0) is 14.8.